The van der Waals surface area contributed by atoms with Gasteiger partial charge in [0.15, 0.2) is 0 Å². The van der Waals surface area contributed by atoms with Crippen LogP contribution in [-0.4, -0.2) is 15.6 Å². The Balaban J connectivity index is 1.79. The summed E-state index contributed by atoms with van der Waals surface area (Å²) in [7, 11) is 0. The topological polar surface area (TPSA) is 20.2 Å². The van der Waals surface area contributed by atoms with Gasteiger partial charge in [-0.1, -0.05) is 54.6 Å². The van der Waals surface area contributed by atoms with Gasteiger partial charge in [-0.3, -0.25) is 0 Å². The third-order valence-corrected chi connectivity index (χ3v) is 6.41. The Hall–Kier alpha value is -1.25. The number of hydrogen-bond acceptors (Lipinski definition) is 2. The standard InChI is InChI=1S/C19H20OS/c20-19(12-15-10-11-16(13-19)21-15)18-9-5-4-8-17(18)14-6-2-1-3-7-14/h1-9,15-16,20H,10-13H2. The van der Waals surface area contributed by atoms with Crippen molar-refractivity contribution in [2.24, 2.45) is 0 Å². The number of hydrogen-bond donors (Lipinski definition) is 1. The van der Waals surface area contributed by atoms with Crippen molar-refractivity contribution in [1.82, 2.24) is 0 Å². The molecule has 1 N–H and O–H groups in total. The van der Waals surface area contributed by atoms with Gasteiger partial charge >= 0.3 is 0 Å². The van der Waals surface area contributed by atoms with E-state index in [9.17, 15) is 5.11 Å². The fourth-order valence-corrected chi connectivity index (χ4v) is 5.73. The predicted octanol–water partition coefficient (Wildman–Crippen LogP) is 4.60. The average Bonchev–Trinajstić information content (AvgIpc) is 2.88. The molecule has 1 nitrogen and oxygen atoms in total. The van der Waals surface area contributed by atoms with Crippen molar-refractivity contribution in [2.75, 3.05) is 0 Å². The normalized spacial score (nSPS) is 31.3. The Bertz CT molecular complexity index is 625. The molecule has 2 aromatic rings. The smallest absolute Gasteiger partial charge is 0.0923 e. The average molecular weight is 296 g/mol. The lowest BCUT2D eigenvalue weighted by atomic mass is 9.81. The monoisotopic (exact) mass is 296 g/mol. The molecule has 2 aliphatic rings. The second-order valence-corrected chi connectivity index (χ2v) is 7.91. The van der Waals surface area contributed by atoms with Crippen LogP contribution in [0.15, 0.2) is 54.6 Å². The quantitative estimate of drug-likeness (QED) is 0.874. The first kappa shape index (κ1) is 13.4. The molecule has 4 rings (SSSR count). The maximum Gasteiger partial charge on any atom is 0.0923 e. The van der Waals surface area contributed by atoms with E-state index in [4.69, 9.17) is 0 Å². The number of thioether (sulfide) groups is 1. The molecule has 0 amide bonds. The zero-order valence-corrected chi connectivity index (χ0v) is 12.9. The van der Waals surface area contributed by atoms with E-state index >= 15 is 0 Å². The second-order valence-electron chi connectivity index (χ2n) is 6.31. The Labute approximate surface area is 130 Å². The third kappa shape index (κ3) is 2.41. The molecule has 2 heterocycles. The highest BCUT2D eigenvalue weighted by molar-refractivity contribution is 8.00. The molecule has 2 heteroatoms. The van der Waals surface area contributed by atoms with E-state index in [1.807, 2.05) is 6.07 Å². The Morgan fingerprint density at radius 3 is 2.19 bits per heavy atom. The summed E-state index contributed by atoms with van der Waals surface area (Å²) in [5.74, 6) is 0. The summed E-state index contributed by atoms with van der Waals surface area (Å²) in [6.07, 6.45) is 4.34. The zero-order valence-electron chi connectivity index (χ0n) is 12.0. The van der Waals surface area contributed by atoms with Crippen molar-refractivity contribution in [2.45, 2.75) is 41.8 Å². The van der Waals surface area contributed by atoms with E-state index in [2.05, 4.69) is 60.3 Å². The van der Waals surface area contributed by atoms with Crippen molar-refractivity contribution in [1.29, 1.82) is 0 Å². The Morgan fingerprint density at radius 2 is 1.48 bits per heavy atom. The van der Waals surface area contributed by atoms with Gasteiger partial charge in [-0.15, -0.1) is 0 Å². The minimum atomic E-state index is -0.649. The predicted molar refractivity (Wildman–Crippen MR) is 89.4 cm³/mol. The molecule has 2 aromatic carbocycles. The van der Waals surface area contributed by atoms with Crippen molar-refractivity contribution >= 4 is 11.8 Å². The van der Waals surface area contributed by atoms with Gasteiger partial charge in [-0.25, -0.2) is 0 Å². The van der Waals surface area contributed by atoms with Crippen LogP contribution in [0.2, 0.25) is 0 Å². The number of aliphatic hydroxyl groups is 1. The van der Waals surface area contributed by atoms with Gasteiger partial charge in [0.1, 0.15) is 0 Å². The van der Waals surface area contributed by atoms with Crippen molar-refractivity contribution in [3.63, 3.8) is 0 Å². The van der Waals surface area contributed by atoms with Crippen LogP contribution in [0.1, 0.15) is 31.2 Å². The highest BCUT2D eigenvalue weighted by atomic mass is 32.2. The summed E-state index contributed by atoms with van der Waals surface area (Å²) < 4.78 is 0. The Morgan fingerprint density at radius 1 is 0.857 bits per heavy atom. The molecule has 0 spiro atoms. The maximum absolute atomic E-state index is 11.4. The van der Waals surface area contributed by atoms with E-state index < -0.39 is 5.60 Å². The van der Waals surface area contributed by atoms with Gasteiger partial charge in [0.2, 0.25) is 0 Å². The molecule has 2 saturated heterocycles. The van der Waals surface area contributed by atoms with Crippen LogP contribution < -0.4 is 0 Å². The second kappa shape index (κ2) is 5.19. The molecule has 108 valence electrons. The van der Waals surface area contributed by atoms with E-state index in [0.29, 0.717) is 10.5 Å². The van der Waals surface area contributed by atoms with Gasteiger partial charge in [0, 0.05) is 10.5 Å². The van der Waals surface area contributed by atoms with Gasteiger partial charge in [0.05, 0.1) is 5.60 Å². The highest BCUT2D eigenvalue weighted by Gasteiger charge is 2.45. The summed E-state index contributed by atoms with van der Waals surface area (Å²) in [5.41, 5.74) is 2.86. The molecule has 2 bridgehead atoms. The molecule has 2 aliphatic heterocycles. The Kier molecular flexibility index (Phi) is 3.31. The SMILES string of the molecule is OC1(c2ccccc2-c2ccccc2)CC2CCC(C1)S2. The first-order valence-corrected chi connectivity index (χ1v) is 8.72. The molecular weight excluding hydrogens is 276 g/mol. The van der Waals surface area contributed by atoms with Crippen LogP contribution in [0.3, 0.4) is 0 Å². The van der Waals surface area contributed by atoms with Crippen molar-refractivity contribution in [3.05, 3.63) is 60.2 Å². The van der Waals surface area contributed by atoms with Gasteiger partial charge < -0.3 is 5.11 Å². The van der Waals surface area contributed by atoms with E-state index in [-0.39, 0.29) is 0 Å². The van der Waals surface area contributed by atoms with Crippen LogP contribution in [0.5, 0.6) is 0 Å². The van der Waals surface area contributed by atoms with Crippen molar-refractivity contribution in [3.8, 4) is 11.1 Å². The number of benzene rings is 2. The highest BCUT2D eigenvalue weighted by Crippen LogP contribution is 2.52. The van der Waals surface area contributed by atoms with Crippen LogP contribution >= 0.6 is 11.8 Å². The van der Waals surface area contributed by atoms with Crippen LogP contribution in [0, 0.1) is 0 Å². The van der Waals surface area contributed by atoms with E-state index in [0.717, 1.165) is 18.4 Å². The summed E-state index contributed by atoms with van der Waals surface area (Å²) in [6, 6.07) is 18.8. The lowest BCUT2D eigenvalue weighted by molar-refractivity contribution is 0.0202. The van der Waals surface area contributed by atoms with Gasteiger partial charge in [-0.2, -0.15) is 11.8 Å². The van der Waals surface area contributed by atoms with Crippen LogP contribution in [-0.2, 0) is 5.60 Å². The number of rotatable bonds is 2. The summed E-state index contributed by atoms with van der Waals surface area (Å²) in [6.45, 7) is 0. The molecular formula is C19H20OS. The molecule has 0 aliphatic carbocycles. The molecule has 21 heavy (non-hydrogen) atoms. The molecule has 2 atom stereocenters. The van der Waals surface area contributed by atoms with Crippen molar-refractivity contribution < 1.29 is 5.11 Å². The van der Waals surface area contributed by atoms with E-state index in [1.165, 1.54) is 24.0 Å². The van der Waals surface area contributed by atoms with Gasteiger partial charge in [-0.05, 0) is 42.4 Å². The summed E-state index contributed by atoms with van der Waals surface area (Å²) in [5, 5.41) is 12.6. The summed E-state index contributed by atoms with van der Waals surface area (Å²) in [4.78, 5) is 0. The van der Waals surface area contributed by atoms with Crippen LogP contribution in [0.4, 0.5) is 0 Å². The lowest BCUT2D eigenvalue weighted by Gasteiger charge is -2.37. The van der Waals surface area contributed by atoms with Gasteiger partial charge in [0.25, 0.3) is 0 Å². The number of fused-ring (bicyclic) bond motifs is 2. The molecule has 2 unspecified atom stereocenters. The van der Waals surface area contributed by atoms with E-state index in [1.54, 1.807) is 0 Å². The largest absolute Gasteiger partial charge is 0.385 e. The first-order valence-electron chi connectivity index (χ1n) is 7.77. The minimum absolute atomic E-state index is 0.637. The zero-order chi connectivity index (χ0) is 14.3. The minimum Gasteiger partial charge on any atom is -0.385 e. The molecule has 0 aromatic heterocycles. The fraction of sp³-hybridized carbons (Fsp3) is 0.368. The molecule has 0 saturated carbocycles. The lowest BCUT2D eigenvalue weighted by Crippen LogP contribution is -2.35. The first-order chi connectivity index (χ1) is 10.2. The molecule has 0 radical (unpaired) electrons. The third-order valence-electron chi connectivity index (χ3n) is 4.84. The van der Waals surface area contributed by atoms with Crippen LogP contribution in [0.25, 0.3) is 11.1 Å². The maximum atomic E-state index is 11.4. The fourth-order valence-electron chi connectivity index (χ4n) is 3.90. The molecule has 2 fully saturated rings. The summed E-state index contributed by atoms with van der Waals surface area (Å²) >= 11 is 2.09.